The molecule has 1 heterocycles. The highest BCUT2D eigenvalue weighted by Crippen LogP contribution is 2.30. The lowest BCUT2D eigenvalue weighted by Gasteiger charge is -2.13. The van der Waals surface area contributed by atoms with E-state index in [-0.39, 0.29) is 26.7 Å². The van der Waals surface area contributed by atoms with Gasteiger partial charge in [0.25, 0.3) is 10.0 Å². The van der Waals surface area contributed by atoms with Crippen LogP contribution in [0.3, 0.4) is 0 Å². The first-order valence-corrected chi connectivity index (χ1v) is 8.87. The van der Waals surface area contributed by atoms with Crippen LogP contribution in [0.25, 0.3) is 0 Å². The van der Waals surface area contributed by atoms with Gasteiger partial charge in [-0.15, -0.1) is 21.8 Å². The zero-order valence-corrected chi connectivity index (χ0v) is 13.2. The van der Waals surface area contributed by atoms with Crippen LogP contribution in [0.4, 0.5) is 5.13 Å². The van der Waals surface area contributed by atoms with Crippen molar-refractivity contribution in [3.05, 3.63) is 0 Å². The molecule has 1 aliphatic carbocycles. The highest BCUT2D eigenvalue weighted by atomic mass is 35.5. The van der Waals surface area contributed by atoms with Crippen molar-refractivity contribution in [2.24, 2.45) is 5.92 Å². The molecule has 2 atom stereocenters. The predicted molar refractivity (Wildman–Crippen MR) is 76.4 cm³/mol. The molecule has 2 rings (SSSR count). The number of anilines is 1. The van der Waals surface area contributed by atoms with Crippen molar-refractivity contribution in [1.29, 1.82) is 0 Å². The summed E-state index contributed by atoms with van der Waals surface area (Å²) in [6.45, 7) is 1.61. The SMILES string of the molecule is CC(=O)Nc1nnc(S(=O)(=O)NCC2CCCC2Cl)s1. The molecule has 0 spiro atoms. The molecule has 7 nitrogen and oxygen atoms in total. The van der Waals surface area contributed by atoms with Crippen LogP contribution in [0.15, 0.2) is 4.34 Å². The van der Waals surface area contributed by atoms with Gasteiger partial charge in [-0.1, -0.05) is 17.8 Å². The second kappa shape index (κ2) is 6.33. The summed E-state index contributed by atoms with van der Waals surface area (Å²) < 4.78 is 26.4. The number of alkyl halides is 1. The Balaban J connectivity index is 1.99. The summed E-state index contributed by atoms with van der Waals surface area (Å²) in [6, 6.07) is 0. The maximum absolute atomic E-state index is 12.0. The molecule has 1 aliphatic rings. The summed E-state index contributed by atoms with van der Waals surface area (Å²) in [5, 5.41) is 9.76. The minimum atomic E-state index is -3.70. The monoisotopic (exact) mass is 338 g/mol. The number of carbonyl (C=O) groups is 1. The van der Waals surface area contributed by atoms with Crippen molar-refractivity contribution in [2.75, 3.05) is 11.9 Å². The van der Waals surface area contributed by atoms with Gasteiger partial charge in [0.15, 0.2) is 0 Å². The van der Waals surface area contributed by atoms with E-state index >= 15 is 0 Å². The summed E-state index contributed by atoms with van der Waals surface area (Å²) in [4.78, 5) is 10.9. The zero-order valence-electron chi connectivity index (χ0n) is 10.8. The first kappa shape index (κ1) is 15.6. The fourth-order valence-corrected chi connectivity index (χ4v) is 4.47. The van der Waals surface area contributed by atoms with Gasteiger partial charge < -0.3 is 5.32 Å². The standard InChI is InChI=1S/C10H15ClN4O3S2/c1-6(16)13-9-14-15-10(19-9)20(17,18)12-5-7-3-2-4-8(7)11/h7-8,12H,2-5H2,1H3,(H,13,14,16). The average Bonchev–Trinajstić information content (AvgIpc) is 2.95. The van der Waals surface area contributed by atoms with E-state index in [9.17, 15) is 13.2 Å². The van der Waals surface area contributed by atoms with Gasteiger partial charge in [-0.3, -0.25) is 4.79 Å². The maximum atomic E-state index is 12.0. The Hall–Kier alpha value is -0.770. The van der Waals surface area contributed by atoms with Gasteiger partial charge in [0.1, 0.15) is 0 Å². The van der Waals surface area contributed by atoms with Crippen molar-refractivity contribution >= 4 is 44.0 Å². The molecule has 10 heteroatoms. The third kappa shape index (κ3) is 3.87. The van der Waals surface area contributed by atoms with Crippen LogP contribution < -0.4 is 10.0 Å². The normalized spacial score (nSPS) is 22.9. The van der Waals surface area contributed by atoms with Gasteiger partial charge in [-0.25, -0.2) is 13.1 Å². The van der Waals surface area contributed by atoms with Gasteiger partial charge >= 0.3 is 0 Å². The van der Waals surface area contributed by atoms with E-state index in [0.29, 0.717) is 6.54 Å². The van der Waals surface area contributed by atoms with E-state index in [1.54, 1.807) is 0 Å². The molecule has 1 aromatic rings. The van der Waals surface area contributed by atoms with E-state index in [1.807, 2.05) is 0 Å². The molecule has 112 valence electrons. The predicted octanol–water partition coefficient (Wildman–Crippen LogP) is 1.18. The third-order valence-corrected chi connectivity index (χ3v) is 6.23. The van der Waals surface area contributed by atoms with Crippen molar-refractivity contribution in [3.63, 3.8) is 0 Å². The smallest absolute Gasteiger partial charge is 0.269 e. The fourth-order valence-electron chi connectivity index (χ4n) is 2.02. The molecule has 0 bridgehead atoms. The first-order valence-electron chi connectivity index (χ1n) is 6.13. The highest BCUT2D eigenvalue weighted by Gasteiger charge is 2.28. The molecule has 1 amide bonds. The number of carbonyl (C=O) groups excluding carboxylic acids is 1. The summed E-state index contributed by atoms with van der Waals surface area (Å²) in [5.41, 5.74) is 0. The van der Waals surface area contributed by atoms with Crippen LogP contribution in [0, 0.1) is 5.92 Å². The number of amides is 1. The van der Waals surface area contributed by atoms with Gasteiger partial charge in [-0.2, -0.15) is 0 Å². The largest absolute Gasteiger partial charge is 0.301 e. The van der Waals surface area contributed by atoms with Crippen LogP contribution in [-0.4, -0.2) is 36.4 Å². The number of nitrogens with zero attached hydrogens (tertiary/aromatic N) is 2. The lowest BCUT2D eigenvalue weighted by Crippen LogP contribution is -2.31. The van der Waals surface area contributed by atoms with E-state index in [0.717, 1.165) is 30.6 Å². The minimum absolute atomic E-state index is 0.0158. The average molecular weight is 339 g/mol. The molecular weight excluding hydrogens is 324 g/mol. The third-order valence-electron chi connectivity index (χ3n) is 3.02. The Bertz CT molecular complexity index is 589. The number of halogens is 1. The number of rotatable bonds is 5. The molecule has 2 N–H and O–H groups in total. The Morgan fingerprint density at radius 3 is 2.80 bits per heavy atom. The molecule has 20 heavy (non-hydrogen) atoms. The number of sulfonamides is 1. The van der Waals surface area contributed by atoms with Crippen LogP contribution in [-0.2, 0) is 14.8 Å². The topological polar surface area (TPSA) is 101 Å². The molecule has 2 unspecified atom stereocenters. The maximum Gasteiger partial charge on any atom is 0.269 e. The molecule has 1 saturated carbocycles. The summed E-state index contributed by atoms with van der Waals surface area (Å²) in [7, 11) is -3.70. The Kier molecular flexibility index (Phi) is 4.95. The van der Waals surface area contributed by atoms with Crippen LogP contribution in [0.2, 0.25) is 0 Å². The lowest BCUT2D eigenvalue weighted by molar-refractivity contribution is -0.114. The van der Waals surface area contributed by atoms with E-state index < -0.39 is 10.0 Å². The Labute approximate surface area is 126 Å². The Morgan fingerprint density at radius 1 is 1.45 bits per heavy atom. The quantitative estimate of drug-likeness (QED) is 0.620. The van der Waals surface area contributed by atoms with Crippen molar-refractivity contribution < 1.29 is 13.2 Å². The molecule has 0 aromatic carbocycles. The van der Waals surface area contributed by atoms with Gasteiger partial charge in [0, 0.05) is 18.8 Å². The molecule has 1 aromatic heterocycles. The van der Waals surface area contributed by atoms with Crippen molar-refractivity contribution in [2.45, 2.75) is 35.9 Å². The number of aromatic nitrogens is 2. The van der Waals surface area contributed by atoms with Gasteiger partial charge in [-0.05, 0) is 18.8 Å². The van der Waals surface area contributed by atoms with E-state index in [4.69, 9.17) is 11.6 Å². The number of hydrogen-bond acceptors (Lipinski definition) is 6. The fraction of sp³-hybridized carbons (Fsp3) is 0.700. The van der Waals surface area contributed by atoms with Gasteiger partial charge in [0.05, 0.1) is 0 Å². The van der Waals surface area contributed by atoms with Crippen molar-refractivity contribution in [3.8, 4) is 0 Å². The van der Waals surface area contributed by atoms with Crippen LogP contribution in [0.5, 0.6) is 0 Å². The van der Waals surface area contributed by atoms with Crippen molar-refractivity contribution in [1.82, 2.24) is 14.9 Å². The first-order chi connectivity index (χ1) is 9.38. The van der Waals surface area contributed by atoms with E-state index in [1.165, 1.54) is 6.92 Å². The lowest BCUT2D eigenvalue weighted by atomic mass is 10.1. The highest BCUT2D eigenvalue weighted by molar-refractivity contribution is 7.91. The summed E-state index contributed by atoms with van der Waals surface area (Å²) in [5.74, 6) is -0.178. The van der Waals surface area contributed by atoms with Crippen LogP contribution in [0.1, 0.15) is 26.2 Å². The molecule has 0 saturated heterocycles. The minimum Gasteiger partial charge on any atom is -0.301 e. The summed E-state index contributed by atoms with van der Waals surface area (Å²) >= 11 is 6.92. The molecule has 1 fully saturated rings. The van der Waals surface area contributed by atoms with E-state index in [2.05, 4.69) is 20.2 Å². The molecular formula is C10H15ClN4O3S2. The number of hydrogen-bond donors (Lipinski definition) is 2. The van der Waals surface area contributed by atoms with Gasteiger partial charge in [0.2, 0.25) is 15.4 Å². The molecule has 0 aliphatic heterocycles. The Morgan fingerprint density at radius 2 is 2.20 bits per heavy atom. The second-order valence-corrected chi connectivity index (χ2v) is 8.09. The second-order valence-electron chi connectivity index (χ2n) is 4.61. The molecule has 0 radical (unpaired) electrons. The number of nitrogens with one attached hydrogen (secondary N) is 2. The van der Waals surface area contributed by atoms with Crippen LogP contribution >= 0.6 is 22.9 Å². The summed E-state index contributed by atoms with van der Waals surface area (Å²) in [6.07, 6.45) is 2.86. The zero-order chi connectivity index (χ0) is 14.8.